The first-order valence-corrected chi connectivity index (χ1v) is 4.84. The van der Waals surface area contributed by atoms with E-state index in [4.69, 9.17) is 16.3 Å². The number of ether oxygens (including phenoxy) is 1. The minimum absolute atomic E-state index is 0.217. The molecule has 1 N–H and O–H groups in total. The summed E-state index contributed by atoms with van der Waals surface area (Å²) in [4.78, 5) is 11.1. The lowest BCUT2D eigenvalue weighted by Crippen LogP contribution is -2.25. The third-order valence-electron chi connectivity index (χ3n) is 1.64. The van der Waals surface area contributed by atoms with Crippen LogP contribution in [0.5, 0.6) is 0 Å². The predicted octanol–water partition coefficient (Wildman–Crippen LogP) is 2.67. The van der Waals surface area contributed by atoms with Crippen molar-refractivity contribution in [3.8, 4) is 0 Å². The highest BCUT2D eigenvalue weighted by atomic mass is 35.5. The highest BCUT2D eigenvalue weighted by Crippen LogP contribution is 2.00. The summed E-state index contributed by atoms with van der Waals surface area (Å²) in [5.74, 6) is 0. The number of carbonyl (C=O) groups excluding carboxylic acids is 1. The molecule has 0 saturated carbocycles. The van der Waals surface area contributed by atoms with Crippen molar-refractivity contribution in [1.82, 2.24) is 5.32 Å². The Morgan fingerprint density at radius 3 is 2.67 bits per heavy atom. The van der Waals surface area contributed by atoms with Gasteiger partial charge in [-0.3, -0.25) is 0 Å². The molecule has 1 aromatic rings. The molecule has 0 saturated heterocycles. The zero-order valence-electron chi connectivity index (χ0n) is 8.20. The van der Waals surface area contributed by atoms with E-state index in [9.17, 15) is 4.79 Å². The van der Waals surface area contributed by atoms with Crippen molar-refractivity contribution in [2.75, 3.05) is 6.54 Å². The fraction of sp³-hybridized carbons (Fsp3) is 0.182. The Balaban J connectivity index is 2.26. The van der Waals surface area contributed by atoms with Crippen LogP contribution in [0.4, 0.5) is 4.79 Å². The minimum Gasteiger partial charge on any atom is -0.445 e. The average molecular weight is 226 g/mol. The summed E-state index contributed by atoms with van der Waals surface area (Å²) in [5.41, 5.74) is 0.942. The second kappa shape index (κ2) is 6.09. The van der Waals surface area contributed by atoms with Gasteiger partial charge >= 0.3 is 6.09 Å². The van der Waals surface area contributed by atoms with Gasteiger partial charge in [0.15, 0.2) is 0 Å². The van der Waals surface area contributed by atoms with Crippen LogP contribution in [0.3, 0.4) is 0 Å². The van der Waals surface area contributed by atoms with Crippen LogP contribution < -0.4 is 5.32 Å². The van der Waals surface area contributed by atoms with Crippen molar-refractivity contribution in [3.05, 3.63) is 47.5 Å². The minimum atomic E-state index is -0.499. The van der Waals surface area contributed by atoms with E-state index in [1.165, 1.54) is 0 Å². The van der Waals surface area contributed by atoms with Gasteiger partial charge in [0.1, 0.15) is 6.61 Å². The molecular weight excluding hydrogens is 214 g/mol. The molecular formula is C11H12ClNO2. The molecule has 15 heavy (non-hydrogen) atoms. The Hall–Kier alpha value is -1.48. The maximum absolute atomic E-state index is 11.1. The molecule has 1 rings (SSSR count). The number of benzene rings is 1. The molecule has 0 aliphatic rings. The van der Waals surface area contributed by atoms with Crippen molar-refractivity contribution in [1.29, 1.82) is 0 Å². The first kappa shape index (κ1) is 11.6. The SMILES string of the molecule is C=C(Cl)CNC(=O)OCc1ccccc1. The summed E-state index contributed by atoms with van der Waals surface area (Å²) < 4.78 is 4.93. The fourth-order valence-electron chi connectivity index (χ4n) is 0.942. The van der Waals surface area contributed by atoms with Gasteiger partial charge in [0.2, 0.25) is 0 Å². The molecule has 1 amide bonds. The number of rotatable bonds is 4. The molecule has 0 fully saturated rings. The number of alkyl carbamates (subject to hydrolysis) is 1. The van der Waals surface area contributed by atoms with Crippen LogP contribution >= 0.6 is 11.6 Å². The summed E-state index contributed by atoms with van der Waals surface area (Å²) in [6, 6.07) is 9.44. The van der Waals surface area contributed by atoms with Gasteiger partial charge in [0.25, 0.3) is 0 Å². The second-order valence-electron chi connectivity index (χ2n) is 2.93. The fourth-order valence-corrected chi connectivity index (χ4v) is 1.01. The van der Waals surface area contributed by atoms with Crippen LogP contribution in [0.25, 0.3) is 0 Å². The van der Waals surface area contributed by atoms with Gasteiger partial charge < -0.3 is 10.1 Å². The first-order chi connectivity index (χ1) is 7.18. The molecule has 0 aliphatic carbocycles. The quantitative estimate of drug-likeness (QED) is 0.856. The van der Waals surface area contributed by atoms with E-state index < -0.39 is 6.09 Å². The van der Waals surface area contributed by atoms with Gasteiger partial charge in [-0.2, -0.15) is 0 Å². The van der Waals surface area contributed by atoms with Gasteiger partial charge in [0, 0.05) is 5.03 Å². The van der Waals surface area contributed by atoms with E-state index >= 15 is 0 Å². The zero-order chi connectivity index (χ0) is 11.1. The first-order valence-electron chi connectivity index (χ1n) is 4.46. The summed E-state index contributed by atoms with van der Waals surface area (Å²) in [6.45, 7) is 3.91. The lowest BCUT2D eigenvalue weighted by atomic mass is 10.2. The van der Waals surface area contributed by atoms with Crippen LogP contribution in [0.2, 0.25) is 0 Å². The number of carbonyl (C=O) groups is 1. The van der Waals surface area contributed by atoms with Crippen molar-refractivity contribution >= 4 is 17.7 Å². The molecule has 0 atom stereocenters. The molecule has 0 radical (unpaired) electrons. The van der Waals surface area contributed by atoms with Crippen molar-refractivity contribution in [3.63, 3.8) is 0 Å². The Morgan fingerprint density at radius 1 is 1.40 bits per heavy atom. The Bertz CT molecular complexity index is 338. The topological polar surface area (TPSA) is 38.3 Å². The lowest BCUT2D eigenvalue weighted by molar-refractivity contribution is 0.140. The van der Waals surface area contributed by atoms with E-state index in [0.29, 0.717) is 5.03 Å². The van der Waals surface area contributed by atoms with E-state index in [2.05, 4.69) is 11.9 Å². The monoisotopic (exact) mass is 225 g/mol. The van der Waals surface area contributed by atoms with Gasteiger partial charge in [0.05, 0.1) is 6.54 Å². The van der Waals surface area contributed by atoms with Crippen molar-refractivity contribution < 1.29 is 9.53 Å². The van der Waals surface area contributed by atoms with Gasteiger partial charge in [-0.05, 0) is 5.56 Å². The smallest absolute Gasteiger partial charge is 0.407 e. The maximum atomic E-state index is 11.1. The normalized spacial score (nSPS) is 9.40. The molecule has 0 bridgehead atoms. The van der Waals surface area contributed by atoms with E-state index in [1.807, 2.05) is 30.3 Å². The summed E-state index contributed by atoms with van der Waals surface area (Å²) >= 11 is 5.47. The summed E-state index contributed by atoms with van der Waals surface area (Å²) in [7, 11) is 0. The van der Waals surface area contributed by atoms with E-state index in [1.54, 1.807) is 0 Å². The predicted molar refractivity (Wildman–Crippen MR) is 59.6 cm³/mol. The third kappa shape index (κ3) is 5.08. The molecule has 0 spiro atoms. The Labute approximate surface area is 93.7 Å². The van der Waals surface area contributed by atoms with Crippen molar-refractivity contribution in [2.24, 2.45) is 0 Å². The molecule has 4 heteroatoms. The second-order valence-corrected chi connectivity index (χ2v) is 3.47. The van der Waals surface area contributed by atoms with Gasteiger partial charge in [-0.1, -0.05) is 48.5 Å². The Kier molecular flexibility index (Phi) is 4.71. The number of halogens is 1. The molecule has 80 valence electrons. The van der Waals surface area contributed by atoms with Gasteiger partial charge in [-0.15, -0.1) is 0 Å². The molecule has 0 aliphatic heterocycles. The van der Waals surface area contributed by atoms with Crippen LogP contribution in [-0.4, -0.2) is 12.6 Å². The van der Waals surface area contributed by atoms with Crippen LogP contribution in [-0.2, 0) is 11.3 Å². The van der Waals surface area contributed by atoms with Crippen molar-refractivity contribution in [2.45, 2.75) is 6.61 Å². The molecule has 0 aromatic heterocycles. The third-order valence-corrected chi connectivity index (χ3v) is 1.77. The van der Waals surface area contributed by atoms with Crippen LogP contribution in [0.1, 0.15) is 5.56 Å². The number of hydrogen-bond acceptors (Lipinski definition) is 2. The molecule has 0 unspecified atom stereocenters. The van der Waals surface area contributed by atoms with Crippen LogP contribution in [0.15, 0.2) is 41.9 Å². The summed E-state index contributed by atoms with van der Waals surface area (Å²) in [6.07, 6.45) is -0.499. The van der Waals surface area contributed by atoms with E-state index in [-0.39, 0.29) is 13.2 Å². The molecule has 0 heterocycles. The van der Waals surface area contributed by atoms with E-state index in [0.717, 1.165) is 5.56 Å². The zero-order valence-corrected chi connectivity index (χ0v) is 8.96. The lowest BCUT2D eigenvalue weighted by Gasteiger charge is -2.05. The molecule has 1 aromatic carbocycles. The number of hydrogen-bond donors (Lipinski definition) is 1. The largest absolute Gasteiger partial charge is 0.445 e. The number of nitrogens with one attached hydrogen (secondary N) is 1. The Morgan fingerprint density at radius 2 is 2.07 bits per heavy atom. The van der Waals surface area contributed by atoms with Crippen LogP contribution in [0, 0.1) is 0 Å². The highest BCUT2D eigenvalue weighted by molar-refractivity contribution is 6.29. The standard InChI is InChI=1S/C11H12ClNO2/c1-9(12)7-13-11(14)15-8-10-5-3-2-4-6-10/h2-6H,1,7-8H2,(H,13,14). The van der Waals surface area contributed by atoms with Gasteiger partial charge in [-0.25, -0.2) is 4.79 Å². The highest BCUT2D eigenvalue weighted by Gasteiger charge is 2.01. The summed E-state index contributed by atoms with van der Waals surface area (Å²) in [5, 5.41) is 2.83. The number of amides is 1. The average Bonchev–Trinajstić information content (AvgIpc) is 2.25. The molecule has 3 nitrogen and oxygen atoms in total. The maximum Gasteiger partial charge on any atom is 0.407 e.